The summed E-state index contributed by atoms with van der Waals surface area (Å²) in [6.07, 6.45) is 0. The van der Waals surface area contributed by atoms with E-state index in [1.54, 1.807) is 30.3 Å². The summed E-state index contributed by atoms with van der Waals surface area (Å²) in [6, 6.07) is 8.27. The van der Waals surface area contributed by atoms with Gasteiger partial charge in [-0.15, -0.1) is 0 Å². The van der Waals surface area contributed by atoms with Crippen molar-refractivity contribution in [1.29, 1.82) is 0 Å². The van der Waals surface area contributed by atoms with Crippen molar-refractivity contribution in [2.24, 2.45) is 0 Å². The fraction of sp³-hybridized carbons (Fsp3) is 0.278. The number of hydrogen-bond donors (Lipinski definition) is 0. The molecule has 0 aliphatic heterocycles. The molecule has 0 bridgehead atoms. The molecule has 0 heterocycles. The van der Waals surface area contributed by atoms with Crippen molar-refractivity contribution in [3.8, 4) is 28.7 Å². The zero-order chi connectivity index (χ0) is 17.7. The minimum atomic E-state index is -0.228. The second-order valence-electron chi connectivity index (χ2n) is 4.78. The minimum absolute atomic E-state index is 0.228. The molecule has 0 amide bonds. The Balaban J connectivity index is 2.54. The van der Waals surface area contributed by atoms with E-state index in [2.05, 4.69) is 0 Å². The van der Waals surface area contributed by atoms with Gasteiger partial charge in [-0.2, -0.15) is 0 Å². The number of rotatable bonds is 7. The van der Waals surface area contributed by atoms with Crippen LogP contribution >= 0.6 is 0 Å². The monoisotopic (exact) mass is 332 g/mol. The third-order valence-corrected chi connectivity index (χ3v) is 3.59. The molecule has 0 spiro atoms. The van der Waals surface area contributed by atoms with Gasteiger partial charge in [0.15, 0.2) is 28.8 Å². The molecular weight excluding hydrogens is 312 g/mol. The van der Waals surface area contributed by atoms with Gasteiger partial charge in [0.1, 0.15) is 0 Å². The molecule has 6 nitrogen and oxygen atoms in total. The Morgan fingerprint density at radius 1 is 0.667 bits per heavy atom. The third-order valence-electron chi connectivity index (χ3n) is 3.59. The molecule has 0 aliphatic carbocycles. The number of carbonyl (C=O) groups excluding carboxylic acids is 1. The lowest BCUT2D eigenvalue weighted by atomic mass is 10.0. The summed E-state index contributed by atoms with van der Waals surface area (Å²) in [7, 11) is 7.54. The second-order valence-corrected chi connectivity index (χ2v) is 4.78. The first-order chi connectivity index (χ1) is 11.6. The molecule has 128 valence electrons. The van der Waals surface area contributed by atoms with Crippen molar-refractivity contribution in [3.05, 3.63) is 41.5 Å². The molecule has 0 saturated heterocycles. The van der Waals surface area contributed by atoms with Crippen LogP contribution in [0, 0.1) is 0 Å². The quantitative estimate of drug-likeness (QED) is 0.727. The SMILES string of the molecule is COc1ccc(C(=O)c2ccc(OC)c(OC)c2OC)cc1OC. The number of hydrogen-bond acceptors (Lipinski definition) is 6. The first kappa shape index (κ1) is 17.5. The van der Waals surface area contributed by atoms with E-state index in [4.69, 9.17) is 23.7 Å². The van der Waals surface area contributed by atoms with Gasteiger partial charge in [0, 0.05) is 5.56 Å². The number of carbonyl (C=O) groups is 1. The van der Waals surface area contributed by atoms with Crippen LogP contribution in [0.2, 0.25) is 0 Å². The standard InChI is InChI=1S/C18H20O6/c1-20-13-8-6-11(10-15(13)22-3)16(19)12-7-9-14(21-2)18(24-5)17(12)23-4/h6-10H,1-5H3. The van der Waals surface area contributed by atoms with Crippen LogP contribution in [0.15, 0.2) is 30.3 Å². The van der Waals surface area contributed by atoms with Crippen molar-refractivity contribution in [2.45, 2.75) is 0 Å². The molecule has 0 fully saturated rings. The lowest BCUT2D eigenvalue weighted by Crippen LogP contribution is -2.06. The Labute approximate surface area is 140 Å². The van der Waals surface area contributed by atoms with Gasteiger partial charge >= 0.3 is 0 Å². The third kappa shape index (κ3) is 3.08. The minimum Gasteiger partial charge on any atom is -0.493 e. The van der Waals surface area contributed by atoms with Gasteiger partial charge in [-0.3, -0.25) is 4.79 Å². The molecule has 0 radical (unpaired) electrons. The Kier molecular flexibility index (Phi) is 5.52. The van der Waals surface area contributed by atoms with E-state index >= 15 is 0 Å². The van der Waals surface area contributed by atoms with E-state index in [-0.39, 0.29) is 5.78 Å². The largest absolute Gasteiger partial charge is 0.493 e. The Morgan fingerprint density at radius 3 is 1.79 bits per heavy atom. The number of ether oxygens (including phenoxy) is 5. The van der Waals surface area contributed by atoms with Gasteiger partial charge in [0.25, 0.3) is 0 Å². The highest BCUT2D eigenvalue weighted by atomic mass is 16.5. The number of ketones is 1. The summed E-state index contributed by atoms with van der Waals surface area (Å²) in [4.78, 5) is 12.9. The van der Waals surface area contributed by atoms with Crippen LogP contribution in [0.3, 0.4) is 0 Å². The molecule has 6 heteroatoms. The molecule has 0 atom stereocenters. The molecule has 0 aromatic heterocycles. The van der Waals surface area contributed by atoms with Gasteiger partial charge in [-0.1, -0.05) is 0 Å². The summed E-state index contributed by atoms with van der Waals surface area (Å²) in [5, 5.41) is 0. The summed E-state index contributed by atoms with van der Waals surface area (Å²) in [5.41, 5.74) is 0.806. The Morgan fingerprint density at radius 2 is 1.25 bits per heavy atom. The fourth-order valence-corrected chi connectivity index (χ4v) is 2.41. The van der Waals surface area contributed by atoms with Gasteiger partial charge in [0.05, 0.1) is 41.1 Å². The summed E-state index contributed by atoms with van der Waals surface area (Å²) < 4.78 is 26.4. The Hall–Kier alpha value is -2.89. The maximum Gasteiger partial charge on any atom is 0.204 e. The average molecular weight is 332 g/mol. The topological polar surface area (TPSA) is 63.2 Å². The van der Waals surface area contributed by atoms with Gasteiger partial charge in [-0.05, 0) is 30.3 Å². The molecule has 2 aromatic rings. The van der Waals surface area contributed by atoms with E-state index in [0.717, 1.165) is 0 Å². The zero-order valence-corrected chi connectivity index (χ0v) is 14.3. The smallest absolute Gasteiger partial charge is 0.204 e. The first-order valence-electron chi connectivity index (χ1n) is 7.16. The van der Waals surface area contributed by atoms with Crippen LogP contribution in [0.5, 0.6) is 28.7 Å². The molecular formula is C18H20O6. The second kappa shape index (κ2) is 7.59. The highest BCUT2D eigenvalue weighted by Gasteiger charge is 2.22. The zero-order valence-electron chi connectivity index (χ0n) is 14.3. The summed E-state index contributed by atoms with van der Waals surface area (Å²) >= 11 is 0. The van der Waals surface area contributed by atoms with E-state index in [1.165, 1.54) is 35.5 Å². The van der Waals surface area contributed by atoms with E-state index < -0.39 is 0 Å². The van der Waals surface area contributed by atoms with Crippen LogP contribution in [0.4, 0.5) is 0 Å². The molecule has 24 heavy (non-hydrogen) atoms. The molecule has 2 rings (SSSR count). The van der Waals surface area contributed by atoms with Crippen molar-refractivity contribution in [2.75, 3.05) is 35.5 Å². The average Bonchev–Trinajstić information content (AvgIpc) is 2.65. The van der Waals surface area contributed by atoms with E-state index in [9.17, 15) is 4.79 Å². The van der Waals surface area contributed by atoms with E-state index in [1.807, 2.05) is 0 Å². The maximum atomic E-state index is 12.9. The molecule has 0 N–H and O–H groups in total. The van der Waals surface area contributed by atoms with Crippen LogP contribution in [-0.4, -0.2) is 41.3 Å². The van der Waals surface area contributed by atoms with Crippen LogP contribution in [-0.2, 0) is 0 Å². The molecule has 0 unspecified atom stereocenters. The summed E-state index contributed by atoms with van der Waals surface area (Å²) in [6.45, 7) is 0. The molecule has 2 aromatic carbocycles. The van der Waals surface area contributed by atoms with Crippen LogP contribution in [0.1, 0.15) is 15.9 Å². The van der Waals surface area contributed by atoms with Crippen molar-refractivity contribution in [3.63, 3.8) is 0 Å². The van der Waals surface area contributed by atoms with Crippen molar-refractivity contribution >= 4 is 5.78 Å². The lowest BCUT2D eigenvalue weighted by Gasteiger charge is -2.15. The number of methoxy groups -OCH3 is 5. The van der Waals surface area contributed by atoms with Crippen LogP contribution in [0.25, 0.3) is 0 Å². The predicted octanol–water partition coefficient (Wildman–Crippen LogP) is 2.96. The molecule has 0 aliphatic rings. The van der Waals surface area contributed by atoms with Crippen molar-refractivity contribution < 1.29 is 28.5 Å². The first-order valence-corrected chi connectivity index (χ1v) is 7.16. The number of benzene rings is 2. The predicted molar refractivity (Wildman–Crippen MR) is 89.1 cm³/mol. The van der Waals surface area contributed by atoms with E-state index in [0.29, 0.717) is 39.9 Å². The van der Waals surface area contributed by atoms with Gasteiger partial charge in [-0.25, -0.2) is 0 Å². The Bertz CT molecular complexity index is 739. The van der Waals surface area contributed by atoms with Gasteiger partial charge < -0.3 is 23.7 Å². The van der Waals surface area contributed by atoms with Crippen LogP contribution < -0.4 is 23.7 Å². The highest BCUT2D eigenvalue weighted by Crippen LogP contribution is 2.41. The summed E-state index contributed by atoms with van der Waals surface area (Å²) in [5.74, 6) is 1.96. The highest BCUT2D eigenvalue weighted by molar-refractivity contribution is 6.11. The normalized spacial score (nSPS) is 10.0. The fourth-order valence-electron chi connectivity index (χ4n) is 2.41. The molecule has 0 saturated carbocycles. The van der Waals surface area contributed by atoms with Gasteiger partial charge in [0.2, 0.25) is 5.75 Å². The maximum absolute atomic E-state index is 12.9. The van der Waals surface area contributed by atoms with Crippen molar-refractivity contribution in [1.82, 2.24) is 0 Å². The lowest BCUT2D eigenvalue weighted by molar-refractivity contribution is 0.103.